The first-order valence-electron chi connectivity index (χ1n) is 9.16. The van der Waals surface area contributed by atoms with Gasteiger partial charge in [0, 0.05) is 6.07 Å². The van der Waals surface area contributed by atoms with E-state index in [0.29, 0.717) is 16.8 Å². The van der Waals surface area contributed by atoms with Crippen molar-refractivity contribution < 1.29 is 18.7 Å². The average molecular weight is 460 g/mol. The van der Waals surface area contributed by atoms with Crippen LogP contribution in [-0.2, 0) is 9.53 Å². The summed E-state index contributed by atoms with van der Waals surface area (Å²) in [5.74, 6) is -1.82. The van der Waals surface area contributed by atoms with E-state index < -0.39 is 17.7 Å². The molecule has 0 fully saturated rings. The van der Waals surface area contributed by atoms with Gasteiger partial charge in [-0.25, -0.2) is 4.39 Å². The fraction of sp³-hybridized carbons (Fsp3) is 0.182. The number of rotatable bonds is 6. The summed E-state index contributed by atoms with van der Waals surface area (Å²) in [7, 11) is 0. The quantitative estimate of drug-likeness (QED) is 0.446. The largest absolute Gasteiger partial charge is 0.465 e. The summed E-state index contributed by atoms with van der Waals surface area (Å²) < 4.78 is 24.7. The predicted octanol–water partition coefficient (Wildman–Crippen LogP) is 5.59. The Morgan fingerprint density at radius 1 is 1.19 bits per heavy atom. The molecule has 31 heavy (non-hydrogen) atoms. The van der Waals surface area contributed by atoms with Gasteiger partial charge in [-0.2, -0.15) is 10.4 Å². The van der Waals surface area contributed by atoms with Crippen LogP contribution in [0.4, 0.5) is 4.39 Å². The van der Waals surface area contributed by atoms with Crippen LogP contribution in [0.25, 0.3) is 0 Å². The minimum atomic E-state index is -0.912. The highest BCUT2D eigenvalue weighted by molar-refractivity contribution is 6.32. The molecule has 0 aliphatic carbocycles. The van der Waals surface area contributed by atoms with Crippen LogP contribution in [0.5, 0.6) is 11.5 Å². The van der Waals surface area contributed by atoms with Crippen molar-refractivity contribution in [3.8, 4) is 17.6 Å². The lowest BCUT2D eigenvalue weighted by Gasteiger charge is -2.17. The van der Waals surface area contributed by atoms with Crippen molar-refractivity contribution in [1.82, 2.24) is 10.2 Å². The minimum absolute atomic E-state index is 0.0883. The molecule has 0 aliphatic heterocycles. The molecule has 1 unspecified atom stereocenters. The van der Waals surface area contributed by atoms with Crippen LogP contribution in [0.15, 0.2) is 42.5 Å². The predicted molar refractivity (Wildman–Crippen MR) is 113 cm³/mol. The number of hydrogen-bond acceptors (Lipinski definition) is 6. The Labute approximate surface area is 188 Å². The lowest BCUT2D eigenvalue weighted by atomic mass is 9.94. The second kappa shape index (κ2) is 9.73. The highest BCUT2D eigenvalue weighted by atomic mass is 35.5. The van der Waals surface area contributed by atoms with E-state index in [1.807, 2.05) is 6.07 Å². The van der Waals surface area contributed by atoms with Crippen LogP contribution < -0.4 is 4.74 Å². The summed E-state index contributed by atoms with van der Waals surface area (Å²) in [6.45, 7) is 3.61. The van der Waals surface area contributed by atoms with E-state index in [1.54, 1.807) is 32.0 Å². The Hall–Kier alpha value is -3.21. The zero-order chi connectivity index (χ0) is 22.5. The first-order chi connectivity index (χ1) is 14.8. The Morgan fingerprint density at radius 2 is 1.97 bits per heavy atom. The SMILES string of the molecule is CCOC(=O)C(c1ccc(Cl)c(Oc2cc(F)cc(C#N)c2)c1)c1cc(C)c(Cl)nn1. The molecule has 0 radical (unpaired) electrons. The first kappa shape index (κ1) is 22.5. The maximum Gasteiger partial charge on any atom is 0.319 e. The highest BCUT2D eigenvalue weighted by Crippen LogP contribution is 2.35. The zero-order valence-electron chi connectivity index (χ0n) is 16.5. The smallest absolute Gasteiger partial charge is 0.319 e. The number of esters is 1. The van der Waals surface area contributed by atoms with Gasteiger partial charge in [-0.05, 0) is 55.3 Å². The van der Waals surface area contributed by atoms with Gasteiger partial charge in [-0.3, -0.25) is 4.79 Å². The van der Waals surface area contributed by atoms with Gasteiger partial charge in [0.05, 0.1) is 29.0 Å². The number of carbonyl (C=O) groups excluding carboxylic acids is 1. The van der Waals surface area contributed by atoms with Gasteiger partial charge < -0.3 is 9.47 Å². The van der Waals surface area contributed by atoms with Gasteiger partial charge in [-0.1, -0.05) is 29.3 Å². The summed E-state index contributed by atoms with van der Waals surface area (Å²) in [6, 6.07) is 11.8. The molecule has 0 N–H and O–H groups in total. The summed E-state index contributed by atoms with van der Waals surface area (Å²) >= 11 is 12.2. The van der Waals surface area contributed by atoms with Gasteiger partial charge in [0.15, 0.2) is 5.15 Å². The fourth-order valence-electron chi connectivity index (χ4n) is 2.88. The molecule has 2 aromatic carbocycles. The molecule has 1 aromatic heterocycles. The standard InChI is InChI=1S/C22H16Cl2FN3O3/c1-3-30-22(29)20(18-6-12(2)21(24)28-27-18)14-4-5-17(23)19(9-14)31-16-8-13(11-26)7-15(25)10-16/h4-10,20H,3H2,1-2H3. The van der Waals surface area contributed by atoms with E-state index in [-0.39, 0.29) is 33.8 Å². The minimum Gasteiger partial charge on any atom is -0.465 e. The van der Waals surface area contributed by atoms with Crippen LogP contribution in [0.1, 0.15) is 35.2 Å². The lowest BCUT2D eigenvalue weighted by Crippen LogP contribution is -2.19. The summed E-state index contributed by atoms with van der Waals surface area (Å²) in [4.78, 5) is 12.7. The molecule has 0 amide bonds. The Bertz CT molecular complexity index is 1180. The molecule has 6 nitrogen and oxygen atoms in total. The molecule has 1 heterocycles. The van der Waals surface area contributed by atoms with Crippen molar-refractivity contribution in [3.05, 3.63) is 80.8 Å². The Kier molecular flexibility index (Phi) is 7.06. The molecule has 3 rings (SSSR count). The van der Waals surface area contributed by atoms with E-state index in [9.17, 15) is 9.18 Å². The number of benzene rings is 2. The topological polar surface area (TPSA) is 85.1 Å². The number of aryl methyl sites for hydroxylation is 1. The average Bonchev–Trinajstić information content (AvgIpc) is 2.73. The summed E-state index contributed by atoms with van der Waals surface area (Å²) in [5.41, 5.74) is 1.56. The molecule has 158 valence electrons. The van der Waals surface area contributed by atoms with Crippen LogP contribution in [-0.4, -0.2) is 22.8 Å². The van der Waals surface area contributed by atoms with Crippen LogP contribution in [0, 0.1) is 24.1 Å². The molecule has 1 atom stereocenters. The highest BCUT2D eigenvalue weighted by Gasteiger charge is 2.27. The van der Waals surface area contributed by atoms with Crippen molar-refractivity contribution in [3.63, 3.8) is 0 Å². The van der Waals surface area contributed by atoms with Crippen molar-refractivity contribution in [2.75, 3.05) is 6.61 Å². The molecule has 0 aliphatic rings. The normalized spacial score (nSPS) is 11.5. The van der Waals surface area contributed by atoms with Gasteiger partial charge in [0.2, 0.25) is 0 Å². The maximum absolute atomic E-state index is 13.8. The number of nitriles is 1. The number of carbonyl (C=O) groups is 1. The summed E-state index contributed by atoms with van der Waals surface area (Å²) in [5, 5.41) is 17.4. The van der Waals surface area contributed by atoms with Crippen LogP contribution in [0.2, 0.25) is 10.2 Å². The van der Waals surface area contributed by atoms with E-state index >= 15 is 0 Å². The monoisotopic (exact) mass is 459 g/mol. The van der Waals surface area contributed by atoms with E-state index in [1.165, 1.54) is 12.1 Å². The molecule has 9 heteroatoms. The molecular weight excluding hydrogens is 444 g/mol. The van der Waals surface area contributed by atoms with Crippen LogP contribution >= 0.6 is 23.2 Å². The number of aromatic nitrogens is 2. The number of halogens is 3. The van der Waals surface area contributed by atoms with E-state index in [0.717, 1.165) is 12.1 Å². The molecule has 3 aromatic rings. The third kappa shape index (κ3) is 5.29. The molecule has 0 saturated heterocycles. The zero-order valence-corrected chi connectivity index (χ0v) is 18.0. The maximum atomic E-state index is 13.8. The second-order valence-electron chi connectivity index (χ2n) is 6.51. The molecule has 0 spiro atoms. The molecule has 0 saturated carbocycles. The van der Waals surface area contributed by atoms with Gasteiger partial charge in [0.1, 0.15) is 23.2 Å². The van der Waals surface area contributed by atoms with Crippen molar-refractivity contribution in [2.24, 2.45) is 0 Å². The molecular formula is C22H16Cl2FN3O3. The Morgan fingerprint density at radius 3 is 2.65 bits per heavy atom. The third-order valence-corrected chi connectivity index (χ3v) is 4.96. The van der Waals surface area contributed by atoms with Crippen LogP contribution in [0.3, 0.4) is 0 Å². The Balaban J connectivity index is 2.05. The van der Waals surface area contributed by atoms with Crippen molar-refractivity contribution in [1.29, 1.82) is 5.26 Å². The molecule has 0 bridgehead atoms. The van der Waals surface area contributed by atoms with Gasteiger partial charge in [0.25, 0.3) is 0 Å². The van der Waals surface area contributed by atoms with E-state index in [4.69, 9.17) is 37.9 Å². The fourth-order valence-corrected chi connectivity index (χ4v) is 3.12. The lowest BCUT2D eigenvalue weighted by molar-refractivity contribution is -0.143. The first-order valence-corrected chi connectivity index (χ1v) is 9.92. The number of ether oxygens (including phenoxy) is 2. The van der Waals surface area contributed by atoms with E-state index in [2.05, 4.69) is 10.2 Å². The summed E-state index contributed by atoms with van der Waals surface area (Å²) in [6.07, 6.45) is 0. The number of hydrogen-bond donors (Lipinski definition) is 0. The van der Waals surface area contributed by atoms with Crippen molar-refractivity contribution in [2.45, 2.75) is 19.8 Å². The van der Waals surface area contributed by atoms with Gasteiger partial charge >= 0.3 is 5.97 Å². The third-order valence-electron chi connectivity index (χ3n) is 4.28. The second-order valence-corrected chi connectivity index (χ2v) is 7.27. The number of nitrogens with zero attached hydrogens (tertiary/aromatic N) is 3. The van der Waals surface area contributed by atoms with Gasteiger partial charge in [-0.15, -0.1) is 5.10 Å². The van der Waals surface area contributed by atoms with Crippen molar-refractivity contribution >= 4 is 29.2 Å².